The lowest BCUT2D eigenvalue weighted by Gasteiger charge is -2.20. The van der Waals surface area contributed by atoms with E-state index in [0.717, 1.165) is 35.4 Å². The van der Waals surface area contributed by atoms with E-state index < -0.39 is 43.9 Å². The summed E-state index contributed by atoms with van der Waals surface area (Å²) in [7, 11) is -7.22. The van der Waals surface area contributed by atoms with Gasteiger partial charge in [0.1, 0.15) is 0 Å². The van der Waals surface area contributed by atoms with Crippen LogP contribution in [0.25, 0.3) is 22.3 Å². The summed E-state index contributed by atoms with van der Waals surface area (Å²) in [4.78, 5) is 0. The molecule has 0 atom stereocenters. The summed E-state index contributed by atoms with van der Waals surface area (Å²) >= 11 is 0. The molecule has 4 aromatic carbocycles. The van der Waals surface area contributed by atoms with Crippen LogP contribution in [-0.2, 0) is 39.3 Å². The summed E-state index contributed by atoms with van der Waals surface area (Å²) in [6.45, 7) is 0.138. The average molecular weight is 655 g/mol. The molecule has 0 spiro atoms. The first-order valence-electron chi connectivity index (χ1n) is 12.5. The number of nitrogens with zero attached hydrogens (tertiary/aromatic N) is 1. The summed E-state index contributed by atoms with van der Waals surface area (Å²) in [6, 6.07) is 19.4. The van der Waals surface area contributed by atoms with Crippen LogP contribution in [-0.4, -0.2) is 23.1 Å². The number of rotatable bonds is 2. The van der Waals surface area contributed by atoms with Crippen molar-refractivity contribution in [3.05, 3.63) is 107 Å². The van der Waals surface area contributed by atoms with Crippen molar-refractivity contribution in [2.75, 3.05) is 9.44 Å². The third kappa shape index (κ3) is 7.20. The number of halogens is 6. The van der Waals surface area contributed by atoms with Gasteiger partial charge in [-0.05, 0) is 76.3 Å². The molecule has 44 heavy (non-hydrogen) atoms. The first kappa shape index (κ1) is 31.0. The fourth-order valence-corrected chi connectivity index (χ4v) is 5.98. The van der Waals surface area contributed by atoms with E-state index in [9.17, 15) is 43.2 Å². The van der Waals surface area contributed by atoms with Crippen LogP contribution < -0.4 is 14.2 Å². The van der Waals surface area contributed by atoms with Gasteiger partial charge in [0.05, 0.1) is 28.7 Å². The summed E-state index contributed by atoms with van der Waals surface area (Å²) in [5.74, 6) is 0. The van der Waals surface area contributed by atoms with Gasteiger partial charge in [-0.15, -0.1) is 0 Å². The zero-order valence-electron chi connectivity index (χ0n) is 22.0. The third-order valence-electron chi connectivity index (χ3n) is 6.51. The summed E-state index contributed by atoms with van der Waals surface area (Å²) in [5, 5.41) is 0. The lowest BCUT2D eigenvalue weighted by Crippen LogP contribution is -2.34. The molecule has 0 saturated carbocycles. The van der Waals surface area contributed by atoms with Crippen molar-refractivity contribution in [1.29, 1.82) is 0 Å². The van der Waals surface area contributed by atoms with Crippen LogP contribution in [0.3, 0.4) is 0 Å². The number of benzene rings is 4. The normalized spacial score (nSPS) is 16.3. The van der Waals surface area contributed by atoms with E-state index in [1.54, 1.807) is 36.4 Å². The van der Waals surface area contributed by atoms with E-state index >= 15 is 0 Å². The average Bonchev–Trinajstić information content (AvgIpc) is 2.95. The monoisotopic (exact) mass is 654 g/mol. The van der Waals surface area contributed by atoms with Crippen LogP contribution in [0.5, 0.6) is 0 Å². The predicted octanol–water partition coefficient (Wildman–Crippen LogP) is 6.59. The molecule has 2 heterocycles. The van der Waals surface area contributed by atoms with Crippen LogP contribution in [0.4, 0.5) is 37.7 Å². The Labute approximate surface area is 247 Å². The van der Waals surface area contributed by atoms with Crippen LogP contribution in [0.15, 0.2) is 89.3 Å². The maximum atomic E-state index is 12.5. The Hall–Kier alpha value is -4.41. The molecule has 230 valence electrons. The smallest absolute Gasteiger partial charge is 0.271 e. The lowest BCUT2D eigenvalue weighted by molar-refractivity contribution is -0.138. The molecule has 16 heteroatoms. The number of alkyl halides is 6. The first-order chi connectivity index (χ1) is 20.5. The molecule has 2 aliphatic rings. The van der Waals surface area contributed by atoms with Gasteiger partial charge in [0.2, 0.25) is 0 Å². The van der Waals surface area contributed by atoms with Gasteiger partial charge < -0.3 is 0 Å². The van der Waals surface area contributed by atoms with Gasteiger partial charge in [-0.2, -0.15) is 52.3 Å². The molecule has 6 rings (SSSR count). The Kier molecular flexibility index (Phi) is 7.94. The zero-order valence-corrected chi connectivity index (χ0v) is 23.7. The molecule has 4 aromatic rings. The van der Waals surface area contributed by atoms with Gasteiger partial charge in [-0.25, -0.2) is 0 Å². The van der Waals surface area contributed by atoms with Crippen molar-refractivity contribution in [2.45, 2.75) is 18.9 Å². The minimum absolute atomic E-state index is 0.138. The number of nitrogens with one attached hydrogen (secondary N) is 3. The summed E-state index contributed by atoms with van der Waals surface area (Å²) in [6.07, 6.45) is -7.54. The van der Waals surface area contributed by atoms with Crippen LogP contribution in [0.2, 0.25) is 0 Å². The standard InChI is InChI=1S/C14H11F3N2O2S.C14H9F3N2O2S/c2*15-14(16,17)12-4-1-9(2-5-12)10-3-6-13-11(7-10)8-18-22(20,21)19-13/h1-7,18-19H,8H2;1-8,19H. The molecule has 0 fully saturated rings. The molecule has 2 aliphatic heterocycles. The molecule has 0 radical (unpaired) electrons. The van der Waals surface area contributed by atoms with Gasteiger partial charge in [-0.3, -0.25) is 9.44 Å². The Balaban J connectivity index is 0.000000175. The van der Waals surface area contributed by atoms with Crippen molar-refractivity contribution in [2.24, 2.45) is 4.40 Å². The molecular weight excluding hydrogens is 634 g/mol. The molecule has 0 bridgehead atoms. The SMILES string of the molecule is O=S1(=O)N=Cc2cc(-c3ccc(C(F)(F)F)cc3)ccc2N1.O=S1(=O)NCc2cc(-c3ccc(C(F)(F)F)cc3)ccc2N1. The van der Waals surface area contributed by atoms with Crippen molar-refractivity contribution >= 4 is 38.0 Å². The van der Waals surface area contributed by atoms with Crippen LogP contribution in [0, 0.1) is 0 Å². The Morgan fingerprint density at radius 1 is 0.591 bits per heavy atom. The maximum Gasteiger partial charge on any atom is 0.416 e. The molecule has 0 amide bonds. The molecule has 0 aliphatic carbocycles. The van der Waals surface area contributed by atoms with Gasteiger partial charge in [0, 0.05) is 12.1 Å². The minimum atomic E-state index is -4.38. The number of hydrogen-bond donors (Lipinski definition) is 3. The first-order valence-corrected chi connectivity index (χ1v) is 15.4. The van der Waals surface area contributed by atoms with E-state index in [0.29, 0.717) is 33.6 Å². The van der Waals surface area contributed by atoms with E-state index in [-0.39, 0.29) is 6.54 Å². The number of fused-ring (bicyclic) bond motifs is 2. The van der Waals surface area contributed by atoms with Gasteiger partial charge >= 0.3 is 22.6 Å². The second-order valence-electron chi connectivity index (χ2n) is 9.56. The van der Waals surface area contributed by atoms with Crippen molar-refractivity contribution in [3.63, 3.8) is 0 Å². The largest absolute Gasteiger partial charge is 0.416 e. The van der Waals surface area contributed by atoms with Gasteiger partial charge in [0.15, 0.2) is 0 Å². The second-order valence-corrected chi connectivity index (χ2v) is 12.4. The number of anilines is 2. The second kappa shape index (κ2) is 11.3. The maximum absolute atomic E-state index is 12.5. The molecule has 3 N–H and O–H groups in total. The highest BCUT2D eigenvalue weighted by Crippen LogP contribution is 2.34. The van der Waals surface area contributed by atoms with Gasteiger partial charge in [-0.1, -0.05) is 36.4 Å². The highest BCUT2D eigenvalue weighted by molar-refractivity contribution is 7.91. The van der Waals surface area contributed by atoms with Crippen molar-refractivity contribution in [1.82, 2.24) is 4.72 Å². The molecule has 0 saturated heterocycles. The van der Waals surface area contributed by atoms with E-state index in [1.807, 2.05) is 0 Å². The highest BCUT2D eigenvalue weighted by atomic mass is 32.2. The molecule has 0 aromatic heterocycles. The molecule has 8 nitrogen and oxygen atoms in total. The van der Waals surface area contributed by atoms with Crippen LogP contribution in [0.1, 0.15) is 22.3 Å². The number of hydrogen-bond acceptors (Lipinski definition) is 4. The molecular formula is C28H20F6N4O4S2. The Morgan fingerprint density at radius 3 is 1.59 bits per heavy atom. The predicted molar refractivity (Wildman–Crippen MR) is 153 cm³/mol. The van der Waals surface area contributed by atoms with E-state index in [4.69, 9.17) is 0 Å². The highest BCUT2D eigenvalue weighted by Gasteiger charge is 2.31. The van der Waals surface area contributed by atoms with Crippen molar-refractivity contribution in [3.8, 4) is 22.3 Å². The minimum Gasteiger partial charge on any atom is -0.271 e. The third-order valence-corrected chi connectivity index (χ3v) is 8.39. The zero-order chi connectivity index (χ0) is 31.9. The van der Waals surface area contributed by atoms with E-state index in [1.165, 1.54) is 30.5 Å². The summed E-state index contributed by atoms with van der Waals surface area (Å²) in [5.41, 5.74) is 3.31. The topological polar surface area (TPSA) is 117 Å². The van der Waals surface area contributed by atoms with Crippen LogP contribution >= 0.6 is 0 Å². The van der Waals surface area contributed by atoms with Crippen molar-refractivity contribution < 1.29 is 43.2 Å². The fourth-order valence-electron chi connectivity index (χ4n) is 4.31. The summed E-state index contributed by atoms with van der Waals surface area (Å²) < 4.78 is 131. The van der Waals surface area contributed by atoms with Gasteiger partial charge in [0.25, 0.3) is 10.2 Å². The Bertz CT molecular complexity index is 1960. The fraction of sp³-hybridized carbons (Fsp3) is 0.107. The lowest BCUT2D eigenvalue weighted by atomic mass is 10.0. The van der Waals surface area contributed by atoms with E-state index in [2.05, 4.69) is 18.6 Å². The quantitative estimate of drug-likeness (QED) is 0.212. The molecule has 0 unspecified atom stereocenters. The Morgan fingerprint density at radius 2 is 1.07 bits per heavy atom.